The van der Waals surface area contributed by atoms with Gasteiger partial charge in [-0.15, -0.1) is 0 Å². The van der Waals surface area contributed by atoms with Crippen molar-refractivity contribution >= 4 is 16.9 Å². The zero-order valence-corrected chi connectivity index (χ0v) is 19.4. The molecule has 1 amide bonds. The van der Waals surface area contributed by atoms with Crippen LogP contribution in [0.2, 0.25) is 0 Å². The van der Waals surface area contributed by atoms with Crippen molar-refractivity contribution in [3.05, 3.63) is 90.0 Å². The van der Waals surface area contributed by atoms with Crippen LogP contribution in [0.15, 0.2) is 72.9 Å². The van der Waals surface area contributed by atoms with E-state index in [-0.39, 0.29) is 11.9 Å². The van der Waals surface area contributed by atoms with Crippen LogP contribution in [0.1, 0.15) is 61.0 Å². The summed E-state index contributed by atoms with van der Waals surface area (Å²) in [6, 6.07) is 21.3. The van der Waals surface area contributed by atoms with Crippen LogP contribution >= 0.6 is 0 Å². The number of nitrogens with one attached hydrogen (secondary N) is 1. The Balaban J connectivity index is 1.48. The Hall–Kier alpha value is -3.67. The summed E-state index contributed by atoms with van der Waals surface area (Å²) in [7, 11) is 0. The molecule has 0 saturated heterocycles. The van der Waals surface area contributed by atoms with Gasteiger partial charge in [0.25, 0.3) is 5.91 Å². The fourth-order valence-corrected chi connectivity index (χ4v) is 3.99. The fraction of sp³-hybridized carbons (Fsp3) is 0.296. The Kier molecular flexibility index (Phi) is 7.03. The number of carbonyl (C=O) groups is 1. The van der Waals surface area contributed by atoms with E-state index >= 15 is 0 Å². The minimum atomic E-state index is -0.269. The molecule has 2 heterocycles. The molecule has 0 saturated carbocycles. The number of carbonyl (C=O) groups excluding carboxylic acids is 1. The zero-order chi connectivity index (χ0) is 23.2. The second-order valence-corrected chi connectivity index (χ2v) is 8.42. The van der Waals surface area contributed by atoms with Crippen LogP contribution in [0.3, 0.4) is 0 Å². The minimum absolute atomic E-state index is 0.213. The number of aryl methyl sites for hydroxylation is 1. The molecule has 6 heteroatoms. The quantitative estimate of drug-likeness (QED) is 0.347. The molecular formula is C27H30N4O2. The van der Waals surface area contributed by atoms with E-state index in [0.717, 1.165) is 35.6 Å². The average molecular weight is 443 g/mol. The Labute approximate surface area is 194 Å². The maximum absolute atomic E-state index is 12.6. The van der Waals surface area contributed by atoms with Crippen molar-refractivity contribution in [2.75, 3.05) is 6.61 Å². The summed E-state index contributed by atoms with van der Waals surface area (Å²) in [4.78, 5) is 21.6. The van der Waals surface area contributed by atoms with Crippen LogP contribution in [-0.2, 0) is 6.54 Å². The number of nitrogens with zero attached hydrogens (tertiary/aromatic N) is 3. The number of aromatic nitrogens is 3. The summed E-state index contributed by atoms with van der Waals surface area (Å²) in [5.74, 6) is 1.96. The predicted molar refractivity (Wildman–Crippen MR) is 130 cm³/mol. The van der Waals surface area contributed by atoms with E-state index in [1.165, 1.54) is 5.56 Å². The molecule has 2 aromatic heterocycles. The summed E-state index contributed by atoms with van der Waals surface area (Å²) < 4.78 is 8.30. The smallest absolute Gasteiger partial charge is 0.270 e. The molecule has 0 aliphatic heterocycles. The van der Waals surface area contributed by atoms with Crippen molar-refractivity contribution in [2.24, 2.45) is 0 Å². The molecular weight excluding hydrogens is 412 g/mol. The lowest BCUT2D eigenvalue weighted by molar-refractivity contribution is 0.0932. The molecule has 0 radical (unpaired) electrons. The summed E-state index contributed by atoms with van der Waals surface area (Å²) in [5, 5.41) is 3.03. The molecule has 0 fully saturated rings. The molecule has 0 bridgehead atoms. The van der Waals surface area contributed by atoms with E-state index in [0.29, 0.717) is 18.2 Å². The molecule has 2 aromatic carbocycles. The third kappa shape index (κ3) is 5.22. The fourth-order valence-electron chi connectivity index (χ4n) is 3.99. The van der Waals surface area contributed by atoms with E-state index < -0.39 is 0 Å². The third-order valence-corrected chi connectivity index (χ3v) is 5.64. The van der Waals surface area contributed by atoms with Crippen LogP contribution in [0.5, 0.6) is 5.75 Å². The molecule has 1 atom stereocenters. The van der Waals surface area contributed by atoms with Gasteiger partial charge in [0.1, 0.15) is 17.3 Å². The maximum atomic E-state index is 12.6. The van der Waals surface area contributed by atoms with Gasteiger partial charge in [-0.2, -0.15) is 0 Å². The number of amides is 1. The summed E-state index contributed by atoms with van der Waals surface area (Å²) in [6.07, 6.45) is 2.44. The highest BCUT2D eigenvalue weighted by atomic mass is 16.5. The normalized spacial score (nSPS) is 12.1. The van der Waals surface area contributed by atoms with E-state index in [1.807, 2.05) is 43.3 Å². The molecule has 1 unspecified atom stereocenters. The molecule has 1 N–H and O–H groups in total. The molecule has 0 aliphatic carbocycles. The molecule has 0 aliphatic rings. The second-order valence-electron chi connectivity index (χ2n) is 8.42. The first-order valence-electron chi connectivity index (χ1n) is 11.4. The molecule has 4 aromatic rings. The van der Waals surface area contributed by atoms with Crippen molar-refractivity contribution in [3.8, 4) is 5.75 Å². The van der Waals surface area contributed by atoms with E-state index in [9.17, 15) is 4.79 Å². The Morgan fingerprint density at radius 2 is 1.76 bits per heavy atom. The number of benzene rings is 2. The van der Waals surface area contributed by atoms with Crippen molar-refractivity contribution in [2.45, 2.75) is 45.7 Å². The van der Waals surface area contributed by atoms with Gasteiger partial charge in [-0.1, -0.05) is 50.2 Å². The largest absolute Gasteiger partial charge is 0.493 e. The van der Waals surface area contributed by atoms with Gasteiger partial charge < -0.3 is 14.6 Å². The highest BCUT2D eigenvalue weighted by Crippen LogP contribution is 2.26. The lowest BCUT2D eigenvalue weighted by atomic mass is 10.0. The van der Waals surface area contributed by atoms with Gasteiger partial charge in [0.2, 0.25) is 0 Å². The molecule has 6 nitrogen and oxygen atoms in total. The van der Waals surface area contributed by atoms with E-state index in [1.54, 1.807) is 24.4 Å². The number of rotatable bonds is 9. The first-order valence-corrected chi connectivity index (χ1v) is 11.4. The van der Waals surface area contributed by atoms with Gasteiger partial charge in [-0.25, -0.2) is 4.98 Å². The summed E-state index contributed by atoms with van der Waals surface area (Å²) in [6.45, 7) is 7.64. The van der Waals surface area contributed by atoms with Crippen molar-refractivity contribution in [3.63, 3.8) is 0 Å². The van der Waals surface area contributed by atoms with Crippen LogP contribution < -0.4 is 10.1 Å². The first kappa shape index (κ1) is 22.5. The predicted octanol–water partition coefficient (Wildman–Crippen LogP) is 5.51. The minimum Gasteiger partial charge on any atom is -0.493 e. The van der Waals surface area contributed by atoms with Gasteiger partial charge in [-0.3, -0.25) is 9.78 Å². The van der Waals surface area contributed by atoms with Crippen molar-refractivity contribution in [1.29, 1.82) is 0 Å². The van der Waals surface area contributed by atoms with Gasteiger partial charge >= 0.3 is 0 Å². The zero-order valence-electron chi connectivity index (χ0n) is 19.4. The van der Waals surface area contributed by atoms with Gasteiger partial charge in [0.05, 0.1) is 23.7 Å². The summed E-state index contributed by atoms with van der Waals surface area (Å²) >= 11 is 0. The number of hydrogen-bond donors (Lipinski definition) is 1. The Morgan fingerprint density at radius 1 is 1.00 bits per heavy atom. The number of pyridine rings is 1. The highest BCUT2D eigenvalue weighted by molar-refractivity contribution is 5.92. The van der Waals surface area contributed by atoms with Crippen LogP contribution in [-0.4, -0.2) is 27.0 Å². The SMILES string of the molecule is CC(C)c1ccccc1OCCCn1c(C(C)NC(=O)c2ccccn2)nc2ccccc21. The molecule has 0 spiro atoms. The van der Waals surface area contributed by atoms with Crippen LogP contribution in [0.25, 0.3) is 11.0 Å². The monoisotopic (exact) mass is 442 g/mol. The molecule has 4 rings (SSSR count). The summed E-state index contributed by atoms with van der Waals surface area (Å²) in [5.41, 5.74) is 3.58. The standard InChI is InChI=1S/C27H30N4O2/c1-19(2)21-11-4-7-15-25(21)33-18-10-17-31-24-14-6-5-12-22(24)30-26(31)20(3)29-27(32)23-13-8-9-16-28-23/h4-9,11-16,19-20H,10,17-18H2,1-3H3,(H,29,32). The molecule has 33 heavy (non-hydrogen) atoms. The van der Waals surface area contributed by atoms with Gasteiger partial charge in [0, 0.05) is 12.7 Å². The Bertz CT molecular complexity index is 1220. The Morgan fingerprint density at radius 3 is 2.55 bits per heavy atom. The van der Waals surface area contributed by atoms with Crippen molar-refractivity contribution in [1.82, 2.24) is 19.9 Å². The van der Waals surface area contributed by atoms with Crippen molar-refractivity contribution < 1.29 is 9.53 Å². The van der Waals surface area contributed by atoms with Crippen LogP contribution in [0.4, 0.5) is 0 Å². The average Bonchev–Trinajstić information content (AvgIpc) is 3.21. The number of fused-ring (bicyclic) bond motifs is 1. The number of ether oxygens (including phenoxy) is 1. The topological polar surface area (TPSA) is 69.0 Å². The molecule has 170 valence electrons. The van der Waals surface area contributed by atoms with E-state index in [4.69, 9.17) is 9.72 Å². The first-order chi connectivity index (χ1) is 16.0. The van der Waals surface area contributed by atoms with Gasteiger partial charge in [0.15, 0.2) is 0 Å². The number of hydrogen-bond acceptors (Lipinski definition) is 4. The lowest BCUT2D eigenvalue weighted by Gasteiger charge is -2.17. The second kappa shape index (κ2) is 10.3. The highest BCUT2D eigenvalue weighted by Gasteiger charge is 2.19. The van der Waals surface area contributed by atoms with E-state index in [2.05, 4.69) is 40.8 Å². The number of para-hydroxylation sites is 3. The number of imidazole rings is 1. The third-order valence-electron chi connectivity index (χ3n) is 5.64. The van der Waals surface area contributed by atoms with Crippen LogP contribution in [0, 0.1) is 0 Å². The maximum Gasteiger partial charge on any atom is 0.270 e. The van der Waals surface area contributed by atoms with Gasteiger partial charge in [-0.05, 0) is 55.2 Å². The lowest BCUT2D eigenvalue weighted by Crippen LogP contribution is -2.29.